The molecule has 1 fully saturated rings. The van der Waals surface area contributed by atoms with E-state index in [1.165, 1.54) is 5.56 Å². The molecule has 0 spiro atoms. The van der Waals surface area contributed by atoms with Gasteiger partial charge in [0.2, 0.25) is 0 Å². The number of benzene rings is 1. The number of hydrogen-bond acceptors (Lipinski definition) is 4. The van der Waals surface area contributed by atoms with Gasteiger partial charge in [0.05, 0.1) is 11.3 Å². The van der Waals surface area contributed by atoms with Crippen LogP contribution in [0, 0.1) is 6.92 Å². The molecule has 1 aliphatic rings. The monoisotopic (exact) mass is 422 g/mol. The summed E-state index contributed by atoms with van der Waals surface area (Å²) in [5.41, 5.74) is 3.43. The van der Waals surface area contributed by atoms with Gasteiger partial charge in [-0.25, -0.2) is 4.98 Å². The number of hydrogen-bond donors (Lipinski definition) is 2. The second-order valence-electron chi connectivity index (χ2n) is 6.65. The van der Waals surface area contributed by atoms with E-state index in [4.69, 9.17) is 4.74 Å². The Labute approximate surface area is 176 Å². The number of para-hydroxylation sites is 1. The van der Waals surface area contributed by atoms with Crippen LogP contribution in [0.4, 0.5) is 0 Å². The zero-order valence-electron chi connectivity index (χ0n) is 15.6. The lowest BCUT2D eigenvalue weighted by molar-refractivity contribution is 0.0935. The lowest BCUT2D eigenvalue weighted by atomic mass is 10.1. The fraction of sp³-hybridized carbons (Fsp3) is 0.300. The number of nitrogens with one attached hydrogen (secondary N) is 2. The topological polar surface area (TPSA) is 67.7 Å². The van der Waals surface area contributed by atoms with E-state index in [-0.39, 0.29) is 36.8 Å². The fourth-order valence-corrected chi connectivity index (χ4v) is 3.20. The second kappa shape index (κ2) is 9.78. The molecule has 1 aliphatic heterocycles. The van der Waals surface area contributed by atoms with Crippen LogP contribution in [0.1, 0.15) is 28.0 Å². The minimum atomic E-state index is -0.0973. The smallest absolute Gasteiger partial charge is 0.255 e. The van der Waals surface area contributed by atoms with Crippen LogP contribution in [0.15, 0.2) is 48.8 Å². The van der Waals surface area contributed by atoms with Gasteiger partial charge in [-0.2, -0.15) is 0 Å². The number of amides is 1. The Bertz CT molecular complexity index is 939. The zero-order valence-corrected chi connectivity index (χ0v) is 17.2. The molecule has 150 valence electrons. The average Bonchev–Trinajstić information content (AvgIpc) is 3.29. The number of carbonyl (C=O) groups excluding carboxylic acids is 1. The molecule has 3 heterocycles. The molecule has 3 aromatic rings. The van der Waals surface area contributed by atoms with Gasteiger partial charge in [-0.05, 0) is 43.7 Å². The number of ether oxygens (including phenoxy) is 1. The molecule has 2 N–H and O–H groups in total. The summed E-state index contributed by atoms with van der Waals surface area (Å²) in [6.45, 7) is 4.12. The third-order valence-electron chi connectivity index (χ3n) is 4.55. The van der Waals surface area contributed by atoms with Crippen LogP contribution in [0.2, 0.25) is 0 Å². The van der Waals surface area contributed by atoms with Gasteiger partial charge in [0.15, 0.2) is 0 Å². The Kier molecular flexibility index (Phi) is 7.69. The number of imidazole rings is 1. The summed E-state index contributed by atoms with van der Waals surface area (Å²) in [5.74, 6) is 0.476. The molecule has 6 nitrogen and oxygen atoms in total. The first-order valence-electron chi connectivity index (χ1n) is 8.87. The third kappa shape index (κ3) is 4.95. The quantitative estimate of drug-likeness (QED) is 0.662. The van der Waals surface area contributed by atoms with Gasteiger partial charge in [0.25, 0.3) is 5.91 Å². The minimum Gasteiger partial charge on any atom is -0.486 e. The highest BCUT2D eigenvalue weighted by Gasteiger charge is 2.19. The summed E-state index contributed by atoms with van der Waals surface area (Å²) >= 11 is 0. The molecular formula is C20H24Cl2N4O2. The Morgan fingerprint density at radius 2 is 2.07 bits per heavy atom. The molecule has 0 bridgehead atoms. The van der Waals surface area contributed by atoms with E-state index in [2.05, 4.69) is 15.6 Å². The molecule has 1 aromatic carbocycles. The highest BCUT2D eigenvalue weighted by molar-refractivity contribution is 5.97. The molecule has 1 saturated heterocycles. The normalized spacial score (nSPS) is 15.5. The van der Waals surface area contributed by atoms with E-state index >= 15 is 0 Å². The van der Waals surface area contributed by atoms with Gasteiger partial charge in [-0.3, -0.25) is 4.79 Å². The van der Waals surface area contributed by atoms with Gasteiger partial charge in [0, 0.05) is 25.0 Å². The third-order valence-corrected chi connectivity index (χ3v) is 4.55. The van der Waals surface area contributed by atoms with E-state index in [0.717, 1.165) is 30.9 Å². The minimum absolute atomic E-state index is 0. The summed E-state index contributed by atoms with van der Waals surface area (Å²) in [5, 5.41) is 6.31. The van der Waals surface area contributed by atoms with Gasteiger partial charge < -0.3 is 19.8 Å². The van der Waals surface area contributed by atoms with Crippen LogP contribution in [0.3, 0.4) is 0 Å². The lowest BCUT2D eigenvalue weighted by Crippen LogP contribution is -2.36. The van der Waals surface area contributed by atoms with E-state index in [1.54, 1.807) is 6.07 Å². The summed E-state index contributed by atoms with van der Waals surface area (Å²) in [6, 6.07) is 11.5. The highest BCUT2D eigenvalue weighted by atomic mass is 35.5. The van der Waals surface area contributed by atoms with E-state index in [1.807, 2.05) is 54.0 Å². The molecular weight excluding hydrogens is 399 g/mol. The summed E-state index contributed by atoms with van der Waals surface area (Å²) in [4.78, 5) is 17.1. The van der Waals surface area contributed by atoms with Crippen molar-refractivity contribution in [3.8, 4) is 5.75 Å². The second-order valence-corrected chi connectivity index (χ2v) is 6.65. The Hall–Kier alpha value is -2.28. The average molecular weight is 423 g/mol. The Morgan fingerprint density at radius 1 is 1.25 bits per heavy atom. The maximum Gasteiger partial charge on any atom is 0.255 e. The molecule has 1 atom stereocenters. The first-order valence-corrected chi connectivity index (χ1v) is 8.87. The predicted octanol–water partition coefficient (Wildman–Crippen LogP) is 3.16. The number of aromatic nitrogens is 2. The maximum atomic E-state index is 12.6. The zero-order chi connectivity index (χ0) is 17.9. The van der Waals surface area contributed by atoms with E-state index in [0.29, 0.717) is 17.9 Å². The van der Waals surface area contributed by atoms with Crippen molar-refractivity contribution < 1.29 is 9.53 Å². The highest BCUT2D eigenvalue weighted by Crippen LogP contribution is 2.20. The summed E-state index contributed by atoms with van der Waals surface area (Å²) < 4.78 is 7.90. The van der Waals surface area contributed by atoms with Crippen LogP contribution in [0.5, 0.6) is 5.75 Å². The van der Waals surface area contributed by atoms with Gasteiger partial charge in [-0.1, -0.05) is 18.2 Å². The van der Waals surface area contributed by atoms with Crippen molar-refractivity contribution in [2.45, 2.75) is 26.0 Å². The fourth-order valence-electron chi connectivity index (χ4n) is 3.20. The first-order chi connectivity index (χ1) is 12.7. The van der Waals surface area contributed by atoms with Crippen LogP contribution in [0.25, 0.3) is 5.65 Å². The Balaban J connectivity index is 0.00000140. The van der Waals surface area contributed by atoms with Crippen molar-refractivity contribution in [3.05, 3.63) is 65.6 Å². The van der Waals surface area contributed by atoms with Gasteiger partial charge >= 0.3 is 0 Å². The molecule has 2 aromatic heterocycles. The Morgan fingerprint density at radius 3 is 2.86 bits per heavy atom. The molecule has 1 unspecified atom stereocenters. The number of nitrogens with zero attached hydrogens (tertiary/aromatic N) is 2. The number of aryl methyl sites for hydroxylation is 1. The summed E-state index contributed by atoms with van der Waals surface area (Å²) in [7, 11) is 0. The van der Waals surface area contributed by atoms with Crippen LogP contribution in [-0.2, 0) is 6.61 Å². The van der Waals surface area contributed by atoms with Crippen molar-refractivity contribution in [1.29, 1.82) is 0 Å². The number of rotatable bonds is 5. The maximum absolute atomic E-state index is 12.6. The van der Waals surface area contributed by atoms with Crippen LogP contribution < -0.4 is 15.4 Å². The van der Waals surface area contributed by atoms with Crippen molar-refractivity contribution in [2.75, 3.05) is 13.1 Å². The molecule has 1 amide bonds. The van der Waals surface area contributed by atoms with Crippen LogP contribution >= 0.6 is 24.8 Å². The number of fused-ring (bicyclic) bond motifs is 1. The largest absolute Gasteiger partial charge is 0.486 e. The number of pyridine rings is 1. The van der Waals surface area contributed by atoms with E-state index in [9.17, 15) is 4.79 Å². The molecule has 4 rings (SSSR count). The molecule has 0 aliphatic carbocycles. The van der Waals surface area contributed by atoms with Gasteiger partial charge in [-0.15, -0.1) is 24.8 Å². The van der Waals surface area contributed by atoms with Crippen molar-refractivity contribution in [2.24, 2.45) is 0 Å². The van der Waals surface area contributed by atoms with Crippen molar-refractivity contribution in [1.82, 2.24) is 20.0 Å². The number of halogens is 2. The molecule has 28 heavy (non-hydrogen) atoms. The molecule has 0 saturated carbocycles. The standard InChI is InChI=1S/C20H22N4O2.2ClH/c1-14-6-7-19-22-16(12-24(19)11-14)13-26-18-5-3-2-4-17(18)20(25)23-15-8-9-21-10-15;;/h2-7,11-12,15,21H,8-10,13H2,1H3,(H,23,25);2*1H. The van der Waals surface area contributed by atoms with Gasteiger partial charge in [0.1, 0.15) is 18.0 Å². The van der Waals surface area contributed by atoms with Crippen molar-refractivity contribution in [3.63, 3.8) is 0 Å². The summed E-state index contributed by atoms with van der Waals surface area (Å²) in [6.07, 6.45) is 4.94. The molecule has 0 radical (unpaired) electrons. The predicted molar refractivity (Wildman–Crippen MR) is 114 cm³/mol. The van der Waals surface area contributed by atoms with E-state index < -0.39 is 0 Å². The van der Waals surface area contributed by atoms with Crippen molar-refractivity contribution >= 4 is 36.4 Å². The SMILES string of the molecule is Cc1ccc2nc(COc3ccccc3C(=O)NC3CCNC3)cn2c1.Cl.Cl. The number of carbonyl (C=O) groups is 1. The first kappa shape index (κ1) is 22.0. The van der Waals surface area contributed by atoms with Crippen LogP contribution in [-0.4, -0.2) is 34.4 Å². The lowest BCUT2D eigenvalue weighted by Gasteiger charge is -2.14. The molecule has 8 heteroatoms.